The molecule has 18 heavy (non-hydrogen) atoms. The van der Waals surface area contributed by atoms with E-state index in [1.165, 1.54) is 19.4 Å². The summed E-state index contributed by atoms with van der Waals surface area (Å²) >= 11 is 0. The molecular formula is C13H20N2O3. The highest BCUT2D eigenvalue weighted by molar-refractivity contribution is 5.89. The maximum atomic E-state index is 12.1. The molecule has 0 bridgehead atoms. The lowest BCUT2D eigenvalue weighted by atomic mass is 10.2. The molecule has 2 atom stereocenters. The van der Waals surface area contributed by atoms with Gasteiger partial charge in [0.1, 0.15) is 0 Å². The van der Waals surface area contributed by atoms with Gasteiger partial charge in [0.15, 0.2) is 0 Å². The number of nitrogens with zero attached hydrogens (tertiary/aromatic N) is 2. The van der Waals surface area contributed by atoms with Gasteiger partial charge >= 0.3 is 5.97 Å². The van der Waals surface area contributed by atoms with E-state index in [1.54, 1.807) is 0 Å². The average Bonchev–Trinajstić information content (AvgIpc) is 3.23. The molecule has 1 N–H and O–H groups in total. The van der Waals surface area contributed by atoms with E-state index >= 15 is 0 Å². The van der Waals surface area contributed by atoms with Crippen LogP contribution in [0.5, 0.6) is 0 Å². The van der Waals surface area contributed by atoms with E-state index in [0.29, 0.717) is 6.42 Å². The molecule has 1 aliphatic heterocycles. The third-order valence-electron chi connectivity index (χ3n) is 4.32. The third-order valence-corrected chi connectivity index (χ3v) is 4.32. The first kappa shape index (κ1) is 12.0. The molecule has 5 heteroatoms. The topological polar surface area (TPSA) is 60.9 Å². The van der Waals surface area contributed by atoms with Gasteiger partial charge in [-0.1, -0.05) is 0 Å². The van der Waals surface area contributed by atoms with E-state index in [0.717, 1.165) is 32.1 Å². The molecule has 0 aromatic rings. The highest BCUT2D eigenvalue weighted by Gasteiger charge is 2.50. The Hall–Kier alpha value is -1.10. The molecule has 2 aliphatic carbocycles. The minimum Gasteiger partial charge on any atom is -0.481 e. The Morgan fingerprint density at radius 3 is 2.22 bits per heavy atom. The second kappa shape index (κ2) is 4.53. The minimum absolute atomic E-state index is 0.0634. The minimum atomic E-state index is -0.819. The SMILES string of the molecule is O=C(O)[C@H]1C[C@H]1C(=O)N1CCN(CC2CC2)CC1. The average molecular weight is 252 g/mol. The van der Waals surface area contributed by atoms with Crippen LogP contribution in [0.1, 0.15) is 19.3 Å². The number of carboxylic acid groups (broad SMARTS) is 1. The molecule has 3 aliphatic rings. The van der Waals surface area contributed by atoms with E-state index in [1.807, 2.05) is 4.90 Å². The van der Waals surface area contributed by atoms with E-state index in [2.05, 4.69) is 4.90 Å². The second-order valence-corrected chi connectivity index (χ2v) is 5.86. The Morgan fingerprint density at radius 2 is 1.72 bits per heavy atom. The van der Waals surface area contributed by atoms with Crippen LogP contribution in [0.3, 0.4) is 0 Å². The molecule has 2 saturated carbocycles. The lowest BCUT2D eigenvalue weighted by molar-refractivity contribution is -0.142. The quantitative estimate of drug-likeness (QED) is 0.779. The van der Waals surface area contributed by atoms with Crippen molar-refractivity contribution in [3.05, 3.63) is 0 Å². The third kappa shape index (κ3) is 2.51. The summed E-state index contributed by atoms with van der Waals surface area (Å²) in [6.07, 6.45) is 3.26. The zero-order chi connectivity index (χ0) is 12.7. The first-order chi connectivity index (χ1) is 8.65. The number of hydrogen-bond donors (Lipinski definition) is 1. The van der Waals surface area contributed by atoms with Crippen molar-refractivity contribution in [1.29, 1.82) is 0 Å². The van der Waals surface area contributed by atoms with Gasteiger partial charge in [0, 0.05) is 32.7 Å². The van der Waals surface area contributed by atoms with Crippen molar-refractivity contribution < 1.29 is 14.7 Å². The molecule has 1 heterocycles. The van der Waals surface area contributed by atoms with Crippen molar-refractivity contribution in [3.8, 4) is 0 Å². The van der Waals surface area contributed by atoms with Gasteiger partial charge < -0.3 is 10.0 Å². The summed E-state index contributed by atoms with van der Waals surface area (Å²) in [5.74, 6) is -0.513. The normalized spacial score (nSPS) is 32.3. The fourth-order valence-corrected chi connectivity index (χ4v) is 2.79. The molecule has 3 rings (SSSR count). The number of piperazine rings is 1. The van der Waals surface area contributed by atoms with Gasteiger partial charge in [-0.2, -0.15) is 0 Å². The van der Waals surface area contributed by atoms with Gasteiger partial charge in [0.05, 0.1) is 11.8 Å². The standard InChI is InChI=1S/C13H20N2O3/c16-12(10-7-11(10)13(17)18)15-5-3-14(4-6-15)8-9-1-2-9/h9-11H,1-8H2,(H,17,18)/t10-,11+/m1/s1. The molecule has 0 radical (unpaired) electrons. The molecule has 0 aromatic heterocycles. The van der Waals surface area contributed by atoms with Gasteiger partial charge in [0.2, 0.25) is 5.91 Å². The Labute approximate surface area is 107 Å². The van der Waals surface area contributed by atoms with Gasteiger partial charge in [-0.3, -0.25) is 14.5 Å². The van der Waals surface area contributed by atoms with E-state index in [4.69, 9.17) is 5.11 Å². The molecule has 0 aromatic carbocycles. The van der Waals surface area contributed by atoms with Crippen LogP contribution in [0.25, 0.3) is 0 Å². The molecule has 0 spiro atoms. The first-order valence-corrected chi connectivity index (χ1v) is 6.89. The number of rotatable bonds is 4. The van der Waals surface area contributed by atoms with E-state index < -0.39 is 11.9 Å². The lowest BCUT2D eigenvalue weighted by Gasteiger charge is -2.35. The van der Waals surface area contributed by atoms with Crippen molar-refractivity contribution in [2.45, 2.75) is 19.3 Å². The molecule has 1 saturated heterocycles. The van der Waals surface area contributed by atoms with Crippen molar-refractivity contribution in [3.63, 3.8) is 0 Å². The lowest BCUT2D eigenvalue weighted by Crippen LogP contribution is -2.49. The Kier molecular flexibility index (Phi) is 3.01. The van der Waals surface area contributed by atoms with Crippen LogP contribution >= 0.6 is 0 Å². The predicted molar refractivity (Wildman–Crippen MR) is 65.0 cm³/mol. The Balaban J connectivity index is 1.44. The fourth-order valence-electron chi connectivity index (χ4n) is 2.79. The summed E-state index contributed by atoms with van der Waals surface area (Å²) < 4.78 is 0. The number of carbonyl (C=O) groups excluding carboxylic acids is 1. The largest absolute Gasteiger partial charge is 0.481 e. The summed E-state index contributed by atoms with van der Waals surface area (Å²) in [4.78, 5) is 27.1. The second-order valence-electron chi connectivity index (χ2n) is 5.86. The summed E-state index contributed by atoms with van der Waals surface area (Å²) in [5.41, 5.74) is 0. The van der Waals surface area contributed by atoms with E-state index in [9.17, 15) is 9.59 Å². The van der Waals surface area contributed by atoms with Crippen LogP contribution in [0, 0.1) is 17.8 Å². The summed E-state index contributed by atoms with van der Waals surface area (Å²) in [7, 11) is 0. The monoisotopic (exact) mass is 252 g/mol. The number of carbonyl (C=O) groups is 2. The smallest absolute Gasteiger partial charge is 0.307 e. The zero-order valence-corrected chi connectivity index (χ0v) is 10.5. The fraction of sp³-hybridized carbons (Fsp3) is 0.846. The van der Waals surface area contributed by atoms with E-state index in [-0.39, 0.29) is 11.8 Å². The van der Waals surface area contributed by atoms with Crippen LogP contribution in [0.15, 0.2) is 0 Å². The first-order valence-electron chi connectivity index (χ1n) is 6.89. The van der Waals surface area contributed by atoms with Gasteiger partial charge in [0.25, 0.3) is 0 Å². The van der Waals surface area contributed by atoms with Crippen LogP contribution in [-0.4, -0.2) is 59.5 Å². The molecule has 3 fully saturated rings. The molecule has 0 unspecified atom stereocenters. The van der Waals surface area contributed by atoms with Crippen molar-refractivity contribution in [2.24, 2.45) is 17.8 Å². The predicted octanol–water partition coefficient (Wildman–Crippen LogP) is 0.261. The van der Waals surface area contributed by atoms with Crippen LogP contribution in [0.4, 0.5) is 0 Å². The number of amides is 1. The van der Waals surface area contributed by atoms with Crippen LogP contribution < -0.4 is 0 Å². The van der Waals surface area contributed by atoms with Crippen molar-refractivity contribution in [2.75, 3.05) is 32.7 Å². The number of aliphatic carboxylic acids is 1. The molecule has 1 amide bonds. The summed E-state index contributed by atoms with van der Waals surface area (Å²) in [5, 5.41) is 8.84. The summed E-state index contributed by atoms with van der Waals surface area (Å²) in [6.45, 7) is 4.63. The van der Waals surface area contributed by atoms with Gasteiger partial charge in [-0.05, 0) is 25.2 Å². The maximum absolute atomic E-state index is 12.1. The van der Waals surface area contributed by atoms with Crippen LogP contribution in [0.2, 0.25) is 0 Å². The van der Waals surface area contributed by atoms with Gasteiger partial charge in [-0.15, -0.1) is 0 Å². The molecule has 5 nitrogen and oxygen atoms in total. The molecule has 100 valence electrons. The number of hydrogen-bond acceptors (Lipinski definition) is 3. The molecular weight excluding hydrogens is 232 g/mol. The summed E-state index contributed by atoms with van der Waals surface area (Å²) in [6, 6.07) is 0. The van der Waals surface area contributed by atoms with Crippen molar-refractivity contribution >= 4 is 11.9 Å². The maximum Gasteiger partial charge on any atom is 0.307 e. The highest BCUT2D eigenvalue weighted by Crippen LogP contribution is 2.40. The highest BCUT2D eigenvalue weighted by atomic mass is 16.4. The van der Waals surface area contributed by atoms with Crippen LogP contribution in [-0.2, 0) is 9.59 Å². The number of carboxylic acids is 1. The van der Waals surface area contributed by atoms with Crippen molar-refractivity contribution in [1.82, 2.24) is 9.80 Å². The zero-order valence-electron chi connectivity index (χ0n) is 10.5. The Bertz CT molecular complexity index is 359. The Morgan fingerprint density at radius 1 is 1.06 bits per heavy atom. The van der Waals surface area contributed by atoms with Gasteiger partial charge in [-0.25, -0.2) is 0 Å².